The van der Waals surface area contributed by atoms with Gasteiger partial charge in [0, 0.05) is 26.1 Å². The zero-order chi connectivity index (χ0) is 27.0. The fraction of sp³-hybridized carbons (Fsp3) is 0.114. The predicted molar refractivity (Wildman–Crippen MR) is 163 cm³/mol. The van der Waals surface area contributed by atoms with Gasteiger partial charge in [-0.25, -0.2) is 0 Å². The zero-order valence-corrected chi connectivity index (χ0v) is 22.8. The molecular formula is C35H28O3S. The molecule has 0 aliphatic rings. The second-order valence-corrected chi connectivity index (χ2v) is 10.2. The average Bonchev–Trinajstić information content (AvgIpc) is 2.97. The summed E-state index contributed by atoms with van der Waals surface area (Å²) < 4.78 is 13.0. The molecule has 0 aliphatic carbocycles. The van der Waals surface area contributed by atoms with Crippen molar-refractivity contribution in [3.05, 3.63) is 136 Å². The summed E-state index contributed by atoms with van der Waals surface area (Å²) in [5, 5.41) is 0.698. The van der Waals surface area contributed by atoms with Crippen molar-refractivity contribution in [3.63, 3.8) is 0 Å². The van der Waals surface area contributed by atoms with Gasteiger partial charge in [-0.1, -0.05) is 90.7 Å². The summed E-state index contributed by atoms with van der Waals surface area (Å²) in [6.45, 7) is 4.47. The van der Waals surface area contributed by atoms with Crippen LogP contribution in [-0.2, 0) is 0 Å². The maximum absolute atomic E-state index is 13.8. The Balaban J connectivity index is 1.56. The van der Waals surface area contributed by atoms with Gasteiger partial charge >= 0.3 is 0 Å². The lowest BCUT2D eigenvalue weighted by atomic mass is 10.0. The zero-order valence-electron chi connectivity index (χ0n) is 21.9. The lowest BCUT2D eigenvalue weighted by molar-refractivity contribution is 0.354. The van der Waals surface area contributed by atoms with Crippen LogP contribution in [0.4, 0.5) is 0 Å². The summed E-state index contributed by atoms with van der Waals surface area (Å²) in [5.74, 6) is 7.95. The van der Waals surface area contributed by atoms with E-state index in [1.165, 1.54) is 0 Å². The highest BCUT2D eigenvalue weighted by Gasteiger charge is 2.14. The van der Waals surface area contributed by atoms with Crippen molar-refractivity contribution in [2.45, 2.75) is 13.8 Å². The Hall–Kier alpha value is -4.59. The van der Waals surface area contributed by atoms with E-state index in [1.807, 2.05) is 123 Å². The summed E-state index contributed by atoms with van der Waals surface area (Å²) in [6.07, 6.45) is 1.88. The molecule has 39 heavy (non-hydrogen) atoms. The van der Waals surface area contributed by atoms with E-state index in [9.17, 15) is 4.79 Å². The van der Waals surface area contributed by atoms with Gasteiger partial charge in [-0.05, 0) is 60.9 Å². The van der Waals surface area contributed by atoms with Crippen molar-refractivity contribution in [2.75, 3.05) is 13.2 Å². The molecule has 4 aromatic carbocycles. The van der Waals surface area contributed by atoms with Gasteiger partial charge in [0.15, 0.2) is 5.43 Å². The van der Waals surface area contributed by atoms with Crippen molar-refractivity contribution < 1.29 is 9.47 Å². The van der Waals surface area contributed by atoms with E-state index in [0.717, 1.165) is 37.8 Å². The second kappa shape index (κ2) is 12.3. The summed E-state index contributed by atoms with van der Waals surface area (Å²) in [5.41, 5.74) is 4.38. The largest absolute Gasteiger partial charge is 0.488 e. The van der Waals surface area contributed by atoms with E-state index in [2.05, 4.69) is 11.8 Å². The van der Waals surface area contributed by atoms with Crippen molar-refractivity contribution in [1.82, 2.24) is 0 Å². The van der Waals surface area contributed by atoms with Crippen molar-refractivity contribution in [3.8, 4) is 33.8 Å². The standard InChI is InChI=1S/C35H28O3S/c1-25-13-6-9-19-31(25)37-22-12-15-27(24-38-32-20-10-7-14-26(32)2)23-30-34(36)29-18-8-11-21-33(29)39-35(30)28-16-4-3-5-17-28/h3-11,13-14,16-21,23H,22,24H2,1-2H3/b27-23+. The summed E-state index contributed by atoms with van der Waals surface area (Å²) in [7, 11) is 0. The average molecular weight is 529 g/mol. The first-order valence-electron chi connectivity index (χ1n) is 12.8. The van der Waals surface area contributed by atoms with Crippen molar-refractivity contribution in [2.24, 2.45) is 0 Å². The van der Waals surface area contributed by atoms with Crippen LogP contribution in [-0.4, -0.2) is 13.2 Å². The minimum absolute atomic E-state index is 0.0189. The number of rotatable bonds is 7. The third kappa shape index (κ3) is 6.29. The fourth-order valence-corrected chi connectivity index (χ4v) is 5.39. The summed E-state index contributed by atoms with van der Waals surface area (Å²) >= 11 is 1.61. The first kappa shape index (κ1) is 26.0. The third-order valence-corrected chi connectivity index (χ3v) is 7.54. The van der Waals surface area contributed by atoms with E-state index >= 15 is 0 Å². The smallest absolute Gasteiger partial charge is 0.195 e. The molecule has 0 amide bonds. The van der Waals surface area contributed by atoms with E-state index in [-0.39, 0.29) is 18.6 Å². The molecule has 0 saturated heterocycles. The van der Waals surface area contributed by atoms with Gasteiger partial charge in [0.1, 0.15) is 24.7 Å². The molecule has 0 spiro atoms. The quantitative estimate of drug-likeness (QED) is 0.200. The summed E-state index contributed by atoms with van der Waals surface area (Å²) in [6, 6.07) is 33.5. The minimum Gasteiger partial charge on any atom is -0.488 e. The highest BCUT2D eigenvalue weighted by molar-refractivity contribution is 7.21. The number of aryl methyl sites for hydroxylation is 2. The van der Waals surface area contributed by atoms with Gasteiger partial charge in [-0.15, -0.1) is 11.3 Å². The number of para-hydroxylation sites is 2. The third-order valence-electron chi connectivity index (χ3n) is 6.31. The van der Waals surface area contributed by atoms with Gasteiger partial charge in [0.2, 0.25) is 0 Å². The number of benzene rings is 4. The first-order valence-corrected chi connectivity index (χ1v) is 13.6. The fourth-order valence-electron chi connectivity index (χ4n) is 4.24. The maximum Gasteiger partial charge on any atom is 0.195 e. The first-order chi connectivity index (χ1) is 19.1. The molecule has 5 rings (SSSR count). The molecule has 0 atom stereocenters. The Morgan fingerprint density at radius 3 is 2.10 bits per heavy atom. The van der Waals surface area contributed by atoms with Crippen LogP contribution in [0.3, 0.4) is 0 Å². The molecule has 0 fully saturated rings. The van der Waals surface area contributed by atoms with E-state index in [1.54, 1.807) is 11.3 Å². The van der Waals surface area contributed by atoms with Crippen LogP contribution >= 0.6 is 11.3 Å². The van der Waals surface area contributed by atoms with Crippen LogP contribution in [0, 0.1) is 25.7 Å². The normalized spacial score (nSPS) is 11.1. The summed E-state index contributed by atoms with van der Waals surface area (Å²) in [4.78, 5) is 14.7. The maximum atomic E-state index is 13.8. The molecule has 192 valence electrons. The monoisotopic (exact) mass is 528 g/mol. The van der Waals surface area contributed by atoms with Crippen molar-refractivity contribution in [1.29, 1.82) is 0 Å². The van der Waals surface area contributed by atoms with Gasteiger partial charge in [0.25, 0.3) is 0 Å². The molecule has 0 unspecified atom stereocenters. The molecule has 0 saturated carbocycles. The van der Waals surface area contributed by atoms with Gasteiger partial charge < -0.3 is 9.47 Å². The van der Waals surface area contributed by atoms with Crippen LogP contribution < -0.4 is 14.9 Å². The van der Waals surface area contributed by atoms with E-state index < -0.39 is 0 Å². The van der Waals surface area contributed by atoms with Gasteiger partial charge in [0.05, 0.1) is 0 Å². The second-order valence-electron chi connectivity index (χ2n) is 9.12. The molecule has 5 aromatic rings. The lowest BCUT2D eigenvalue weighted by Gasteiger charge is -2.11. The molecule has 4 heteroatoms. The molecule has 0 radical (unpaired) electrons. The molecule has 0 aliphatic heterocycles. The Bertz CT molecular complexity index is 1750. The SMILES string of the molecule is Cc1ccccc1OCC#C/C(=C\c1c(-c2ccccc2)sc2ccccc2c1=O)COc1ccccc1C. The lowest BCUT2D eigenvalue weighted by Crippen LogP contribution is -2.08. The highest BCUT2D eigenvalue weighted by Crippen LogP contribution is 2.32. The molecule has 0 N–H and O–H groups in total. The van der Waals surface area contributed by atoms with Crippen LogP contribution in [0.15, 0.2) is 113 Å². The molecule has 1 aromatic heterocycles. The van der Waals surface area contributed by atoms with E-state index in [0.29, 0.717) is 16.5 Å². The molecule has 1 heterocycles. The van der Waals surface area contributed by atoms with Gasteiger partial charge in [-0.2, -0.15) is 0 Å². The van der Waals surface area contributed by atoms with Crippen LogP contribution in [0.5, 0.6) is 11.5 Å². The Morgan fingerprint density at radius 2 is 1.38 bits per heavy atom. The Morgan fingerprint density at radius 1 is 0.769 bits per heavy atom. The molecule has 3 nitrogen and oxygen atoms in total. The van der Waals surface area contributed by atoms with Crippen LogP contribution in [0.25, 0.3) is 26.6 Å². The number of fused-ring (bicyclic) bond motifs is 1. The number of ether oxygens (including phenoxy) is 2. The topological polar surface area (TPSA) is 35.5 Å². The Kier molecular flexibility index (Phi) is 8.21. The molecule has 0 bridgehead atoms. The number of hydrogen-bond acceptors (Lipinski definition) is 4. The predicted octanol–water partition coefficient (Wildman–Crippen LogP) is 8.09. The van der Waals surface area contributed by atoms with Crippen LogP contribution in [0.1, 0.15) is 16.7 Å². The Labute approximate surface area is 233 Å². The van der Waals surface area contributed by atoms with Crippen LogP contribution in [0.2, 0.25) is 0 Å². The number of hydrogen-bond donors (Lipinski definition) is 0. The van der Waals surface area contributed by atoms with Crippen molar-refractivity contribution >= 4 is 27.5 Å². The molecular weight excluding hydrogens is 500 g/mol. The van der Waals surface area contributed by atoms with E-state index in [4.69, 9.17) is 9.47 Å². The highest BCUT2D eigenvalue weighted by atomic mass is 32.1. The van der Waals surface area contributed by atoms with Gasteiger partial charge in [-0.3, -0.25) is 4.79 Å². The minimum atomic E-state index is -0.0189.